The van der Waals surface area contributed by atoms with Crippen LogP contribution in [-0.2, 0) is 26.2 Å². The lowest BCUT2D eigenvalue weighted by molar-refractivity contribution is -0.140. The molecule has 2 aromatic carbocycles. The third kappa shape index (κ3) is 7.72. The summed E-state index contributed by atoms with van der Waals surface area (Å²) in [5, 5.41) is 2.71. The van der Waals surface area contributed by atoms with Crippen LogP contribution >= 0.6 is 0 Å². The molecular weight excluding hydrogens is 461 g/mol. The van der Waals surface area contributed by atoms with Gasteiger partial charge in [0.15, 0.2) is 0 Å². The number of sulfonamides is 1. The minimum Gasteiger partial charge on any atom is -0.497 e. The molecule has 2 amide bonds. The van der Waals surface area contributed by atoms with Crippen LogP contribution in [0.1, 0.15) is 32.3 Å². The van der Waals surface area contributed by atoms with Crippen LogP contribution in [0.25, 0.3) is 0 Å². The highest BCUT2D eigenvalue weighted by molar-refractivity contribution is 7.92. The van der Waals surface area contributed by atoms with Gasteiger partial charge in [-0.3, -0.25) is 13.9 Å². The van der Waals surface area contributed by atoms with Gasteiger partial charge in [-0.05, 0) is 62.2 Å². The molecule has 0 radical (unpaired) electrons. The molecule has 1 atom stereocenters. The smallest absolute Gasteiger partial charge is 0.242 e. The third-order valence-corrected chi connectivity index (χ3v) is 6.49. The van der Waals surface area contributed by atoms with Gasteiger partial charge in [0.1, 0.15) is 17.6 Å². The molecule has 1 N–H and O–H groups in total. The first kappa shape index (κ1) is 27.1. The first-order valence-electron chi connectivity index (χ1n) is 11.0. The second-order valence-electron chi connectivity index (χ2n) is 7.86. The monoisotopic (exact) mass is 493 g/mol. The molecule has 34 heavy (non-hydrogen) atoms. The number of hydrogen-bond donors (Lipinski definition) is 1. The summed E-state index contributed by atoms with van der Waals surface area (Å²) in [5.41, 5.74) is 1.15. The Kier molecular flexibility index (Phi) is 9.85. The van der Waals surface area contributed by atoms with Gasteiger partial charge in [-0.1, -0.05) is 12.1 Å². The quantitative estimate of drug-likeness (QED) is 0.491. The van der Waals surface area contributed by atoms with Crippen molar-refractivity contribution in [1.29, 1.82) is 0 Å². The fourth-order valence-corrected chi connectivity index (χ4v) is 4.41. The average Bonchev–Trinajstić information content (AvgIpc) is 2.80. The molecule has 0 fully saturated rings. The molecule has 0 aliphatic rings. The van der Waals surface area contributed by atoms with E-state index in [1.807, 2.05) is 0 Å². The predicted octanol–water partition coefficient (Wildman–Crippen LogP) is 2.93. The molecule has 10 heteroatoms. The molecule has 0 bridgehead atoms. The Morgan fingerprint density at radius 3 is 2.24 bits per heavy atom. The molecule has 2 aromatic rings. The fourth-order valence-electron chi connectivity index (χ4n) is 3.44. The molecule has 0 saturated heterocycles. The van der Waals surface area contributed by atoms with Crippen LogP contribution in [0.3, 0.4) is 0 Å². The molecule has 0 aliphatic heterocycles. The zero-order chi connectivity index (χ0) is 25.3. The Morgan fingerprint density at radius 2 is 1.71 bits per heavy atom. The van der Waals surface area contributed by atoms with Gasteiger partial charge in [-0.15, -0.1) is 0 Å². The van der Waals surface area contributed by atoms with E-state index in [1.54, 1.807) is 50.2 Å². The maximum atomic E-state index is 13.3. The van der Waals surface area contributed by atoms with Crippen molar-refractivity contribution in [2.24, 2.45) is 0 Å². The number of nitrogens with one attached hydrogen (secondary N) is 1. The number of likely N-dealkylation sites (N-methyl/N-ethyl adjacent to an activating group) is 1. The minimum atomic E-state index is -3.58. The Labute approximate surface area is 200 Å². The van der Waals surface area contributed by atoms with Crippen molar-refractivity contribution in [3.63, 3.8) is 0 Å². The molecule has 0 saturated carbocycles. The van der Waals surface area contributed by atoms with Crippen molar-refractivity contribution >= 4 is 27.5 Å². The Hall–Kier alpha value is -3.14. The van der Waals surface area contributed by atoms with Gasteiger partial charge in [-0.2, -0.15) is 0 Å². The van der Waals surface area contributed by atoms with Crippen molar-refractivity contribution in [3.05, 3.63) is 59.9 Å². The van der Waals surface area contributed by atoms with Gasteiger partial charge in [0.05, 0.1) is 19.1 Å². The Bertz CT molecular complexity index is 1060. The van der Waals surface area contributed by atoms with Crippen molar-refractivity contribution in [2.45, 2.75) is 39.3 Å². The number of hydrogen-bond acceptors (Lipinski definition) is 5. The summed E-state index contributed by atoms with van der Waals surface area (Å²) >= 11 is 0. The highest BCUT2D eigenvalue weighted by Gasteiger charge is 2.26. The van der Waals surface area contributed by atoms with Gasteiger partial charge in [0, 0.05) is 26.1 Å². The first-order chi connectivity index (χ1) is 16.1. The minimum absolute atomic E-state index is 0.0348. The number of carbonyl (C=O) groups excluding carboxylic acids is 2. The summed E-state index contributed by atoms with van der Waals surface area (Å²) in [6.07, 6.45) is 1.39. The predicted molar refractivity (Wildman–Crippen MR) is 130 cm³/mol. The summed E-state index contributed by atoms with van der Waals surface area (Å²) in [5.74, 6) is -0.388. The van der Waals surface area contributed by atoms with Crippen LogP contribution in [0.4, 0.5) is 10.1 Å². The number of amides is 2. The maximum absolute atomic E-state index is 13.3. The van der Waals surface area contributed by atoms with Crippen LogP contribution in [0.15, 0.2) is 48.5 Å². The SMILES string of the molecule is CCNC(=O)[C@H](C)N(Cc1ccc(F)cc1)C(=O)CCCN(c1ccc(OC)cc1)S(C)(=O)=O. The van der Waals surface area contributed by atoms with Crippen LogP contribution < -0.4 is 14.4 Å². The molecule has 8 nitrogen and oxygen atoms in total. The number of ether oxygens (including phenoxy) is 1. The molecule has 186 valence electrons. The molecule has 0 heterocycles. The van der Waals surface area contributed by atoms with Crippen LogP contribution in [0.5, 0.6) is 5.75 Å². The molecular formula is C24H32FN3O5S. The van der Waals surface area contributed by atoms with Crippen LogP contribution in [-0.4, -0.2) is 57.6 Å². The number of halogens is 1. The van der Waals surface area contributed by atoms with E-state index in [-0.39, 0.29) is 37.7 Å². The van der Waals surface area contributed by atoms with Crippen LogP contribution in [0, 0.1) is 5.82 Å². The molecule has 2 rings (SSSR count). The molecule has 0 unspecified atom stereocenters. The van der Waals surface area contributed by atoms with E-state index in [1.165, 1.54) is 28.4 Å². The molecule has 0 aromatic heterocycles. The highest BCUT2D eigenvalue weighted by atomic mass is 32.2. The number of nitrogens with zero attached hydrogens (tertiary/aromatic N) is 2. The largest absolute Gasteiger partial charge is 0.497 e. The lowest BCUT2D eigenvalue weighted by atomic mass is 10.1. The molecule has 0 aliphatic carbocycles. The number of benzene rings is 2. The lowest BCUT2D eigenvalue weighted by Gasteiger charge is -2.29. The van der Waals surface area contributed by atoms with E-state index in [0.29, 0.717) is 23.5 Å². The maximum Gasteiger partial charge on any atom is 0.242 e. The zero-order valence-electron chi connectivity index (χ0n) is 20.0. The standard InChI is InChI=1S/C24H32FN3O5S/c1-5-26-24(30)18(2)27(17-19-8-10-20(25)11-9-19)23(29)7-6-16-28(34(4,31)32)21-12-14-22(33-3)15-13-21/h8-15,18H,5-7,16-17H2,1-4H3,(H,26,30)/t18-/m0/s1. The van der Waals surface area contributed by atoms with E-state index in [9.17, 15) is 22.4 Å². The number of methoxy groups -OCH3 is 1. The second kappa shape index (κ2) is 12.4. The van der Waals surface area contributed by atoms with Crippen molar-refractivity contribution in [3.8, 4) is 5.75 Å². The van der Waals surface area contributed by atoms with Crippen LogP contribution in [0.2, 0.25) is 0 Å². The van der Waals surface area contributed by atoms with Gasteiger partial charge in [0.25, 0.3) is 0 Å². The summed E-state index contributed by atoms with van der Waals surface area (Å²) in [6.45, 7) is 4.07. The van der Waals surface area contributed by atoms with E-state index in [2.05, 4.69) is 5.32 Å². The Morgan fingerprint density at radius 1 is 1.09 bits per heavy atom. The van der Waals surface area contributed by atoms with Gasteiger partial charge >= 0.3 is 0 Å². The summed E-state index contributed by atoms with van der Waals surface area (Å²) in [7, 11) is -2.06. The van der Waals surface area contributed by atoms with E-state index in [0.717, 1.165) is 6.26 Å². The molecule has 0 spiro atoms. The number of anilines is 1. The number of rotatable bonds is 12. The topological polar surface area (TPSA) is 96.0 Å². The van der Waals surface area contributed by atoms with Crippen molar-refractivity contribution < 1.29 is 27.1 Å². The van der Waals surface area contributed by atoms with Crippen molar-refractivity contribution in [1.82, 2.24) is 10.2 Å². The summed E-state index contributed by atoms with van der Waals surface area (Å²) in [4.78, 5) is 27.0. The normalized spacial score (nSPS) is 12.0. The lowest BCUT2D eigenvalue weighted by Crippen LogP contribution is -2.47. The Balaban J connectivity index is 2.13. The van der Waals surface area contributed by atoms with Gasteiger partial charge in [0.2, 0.25) is 21.8 Å². The van der Waals surface area contributed by atoms with E-state index >= 15 is 0 Å². The summed E-state index contributed by atoms with van der Waals surface area (Å²) in [6, 6.07) is 11.6. The zero-order valence-corrected chi connectivity index (χ0v) is 20.8. The summed E-state index contributed by atoms with van der Waals surface area (Å²) < 4.78 is 44.3. The average molecular weight is 494 g/mol. The first-order valence-corrected chi connectivity index (χ1v) is 12.8. The third-order valence-electron chi connectivity index (χ3n) is 5.30. The fraction of sp³-hybridized carbons (Fsp3) is 0.417. The highest BCUT2D eigenvalue weighted by Crippen LogP contribution is 2.22. The van der Waals surface area contributed by atoms with Crippen molar-refractivity contribution in [2.75, 3.05) is 30.8 Å². The second-order valence-corrected chi connectivity index (χ2v) is 9.76. The van der Waals surface area contributed by atoms with E-state index < -0.39 is 21.9 Å². The van der Waals surface area contributed by atoms with Gasteiger partial charge < -0.3 is 15.0 Å². The van der Waals surface area contributed by atoms with E-state index in [4.69, 9.17) is 4.74 Å². The number of carbonyl (C=O) groups is 2. The van der Waals surface area contributed by atoms with Gasteiger partial charge in [-0.25, -0.2) is 12.8 Å².